The van der Waals surface area contributed by atoms with E-state index in [-0.39, 0.29) is 12.1 Å². The van der Waals surface area contributed by atoms with Gasteiger partial charge in [0, 0.05) is 23.7 Å². The molecular weight excluding hydrogens is 538 g/mol. The van der Waals surface area contributed by atoms with Gasteiger partial charge in [-0.15, -0.1) is 0 Å². The summed E-state index contributed by atoms with van der Waals surface area (Å²) in [5, 5.41) is 4.58. The number of nitrogens with zero attached hydrogens (tertiary/aromatic N) is 4. The summed E-state index contributed by atoms with van der Waals surface area (Å²) < 4.78 is 5.63. The molecule has 2 aliphatic heterocycles. The molecule has 3 aromatic heterocycles. The number of benzene rings is 2. The van der Waals surface area contributed by atoms with Crippen LogP contribution in [0.2, 0.25) is 0 Å². The van der Waals surface area contributed by atoms with E-state index in [1.165, 1.54) is 6.42 Å². The van der Waals surface area contributed by atoms with E-state index in [1.54, 1.807) is 4.90 Å². The van der Waals surface area contributed by atoms with Gasteiger partial charge in [0.15, 0.2) is 0 Å². The molecule has 5 heterocycles. The van der Waals surface area contributed by atoms with Crippen molar-refractivity contribution in [3.63, 3.8) is 0 Å². The van der Waals surface area contributed by atoms with Crippen molar-refractivity contribution in [2.45, 2.75) is 64.1 Å². The van der Waals surface area contributed by atoms with Crippen molar-refractivity contribution in [3.05, 3.63) is 78.8 Å². The summed E-state index contributed by atoms with van der Waals surface area (Å²) >= 11 is 0. The number of amides is 1. The fraction of sp³-hybridized carbons (Fsp3) is 0.353. The molecule has 2 aromatic carbocycles. The lowest BCUT2D eigenvalue weighted by Gasteiger charge is -2.27. The quantitative estimate of drug-likeness (QED) is 0.205. The highest BCUT2D eigenvalue weighted by Gasteiger charge is 2.34. The van der Waals surface area contributed by atoms with Crippen LogP contribution in [-0.4, -0.2) is 54.6 Å². The number of likely N-dealkylation sites (tertiary alicyclic amines) is 1. The fourth-order valence-electron chi connectivity index (χ4n) is 6.11. The maximum atomic E-state index is 12.8. The van der Waals surface area contributed by atoms with Crippen LogP contribution in [0, 0.1) is 0 Å². The molecule has 9 heteroatoms. The number of ether oxygens (including phenoxy) is 1. The monoisotopic (exact) mass is 575 g/mol. The fourth-order valence-corrected chi connectivity index (χ4v) is 6.11. The average Bonchev–Trinajstić information content (AvgIpc) is 3.82. The molecule has 9 nitrogen and oxygen atoms in total. The molecule has 0 aliphatic carbocycles. The largest absolute Gasteiger partial charge is 0.444 e. The van der Waals surface area contributed by atoms with E-state index in [4.69, 9.17) is 9.72 Å². The Morgan fingerprint density at radius 3 is 2.30 bits per heavy atom. The van der Waals surface area contributed by atoms with E-state index in [1.807, 2.05) is 39.4 Å². The van der Waals surface area contributed by atoms with Crippen LogP contribution >= 0.6 is 0 Å². The lowest BCUT2D eigenvalue weighted by atomic mass is 10.0. The van der Waals surface area contributed by atoms with Crippen molar-refractivity contribution in [1.29, 1.82) is 0 Å². The first kappa shape index (κ1) is 27.3. The molecule has 220 valence electrons. The van der Waals surface area contributed by atoms with Gasteiger partial charge < -0.3 is 20.0 Å². The zero-order valence-electron chi connectivity index (χ0n) is 24.9. The molecule has 7 rings (SSSR count). The molecule has 2 unspecified atom stereocenters. The van der Waals surface area contributed by atoms with E-state index >= 15 is 0 Å². The number of pyridine rings is 1. The molecule has 0 spiro atoms. The number of carbonyl (C=O) groups is 1. The molecule has 2 atom stereocenters. The number of nitrogens with one attached hydrogen (secondary N) is 3. The van der Waals surface area contributed by atoms with E-state index in [2.05, 4.69) is 73.8 Å². The first-order valence-corrected chi connectivity index (χ1v) is 15.1. The van der Waals surface area contributed by atoms with Crippen molar-refractivity contribution in [1.82, 2.24) is 35.1 Å². The van der Waals surface area contributed by atoms with Gasteiger partial charge in [0.25, 0.3) is 0 Å². The number of hydrogen-bond acceptors (Lipinski definition) is 6. The van der Waals surface area contributed by atoms with Gasteiger partial charge in [-0.1, -0.05) is 36.4 Å². The molecule has 5 aromatic rings. The standard InChI is InChI=1S/C34H37N7O2/c1-34(2,3)43-33(42)41-15-5-7-30(41)32-38-19-28(40-32)22-10-8-21(9-11-22)23-12-13-24-16-25(18-36-27(24)17-23)29-20-37-31(39-29)26-6-4-14-35-26/h8-13,16-20,26,30,35H,4-7,14-15H2,1-3H3,(H,37,39)(H,38,40). The van der Waals surface area contributed by atoms with Gasteiger partial charge in [-0.25, -0.2) is 14.8 Å². The topological polar surface area (TPSA) is 112 Å². The number of H-pyrrole nitrogens is 2. The number of hydrogen-bond donors (Lipinski definition) is 3. The van der Waals surface area contributed by atoms with Gasteiger partial charge in [0.05, 0.1) is 41.4 Å². The molecule has 43 heavy (non-hydrogen) atoms. The molecule has 1 amide bonds. The summed E-state index contributed by atoms with van der Waals surface area (Å²) in [7, 11) is 0. The molecule has 2 fully saturated rings. The van der Waals surface area contributed by atoms with E-state index in [0.717, 1.165) is 82.0 Å². The van der Waals surface area contributed by atoms with Crippen LogP contribution in [0.5, 0.6) is 0 Å². The lowest BCUT2D eigenvalue weighted by molar-refractivity contribution is 0.0218. The van der Waals surface area contributed by atoms with Crippen LogP contribution in [-0.2, 0) is 4.74 Å². The minimum Gasteiger partial charge on any atom is -0.444 e. The minimum atomic E-state index is -0.526. The van der Waals surface area contributed by atoms with E-state index < -0.39 is 5.60 Å². The summed E-state index contributed by atoms with van der Waals surface area (Å²) in [4.78, 5) is 35.5. The Bertz CT molecular complexity index is 1760. The summed E-state index contributed by atoms with van der Waals surface area (Å²) in [5.74, 6) is 1.79. The van der Waals surface area contributed by atoms with Gasteiger partial charge in [0.2, 0.25) is 0 Å². The van der Waals surface area contributed by atoms with Crippen LogP contribution in [0.25, 0.3) is 44.5 Å². The molecule has 0 radical (unpaired) electrons. The predicted octanol–water partition coefficient (Wildman–Crippen LogP) is 7.18. The maximum Gasteiger partial charge on any atom is 0.410 e. The summed E-state index contributed by atoms with van der Waals surface area (Å²) in [6.07, 6.45) is 9.48. The number of aromatic amines is 2. The lowest BCUT2D eigenvalue weighted by Crippen LogP contribution is -2.36. The Kier molecular flexibility index (Phi) is 6.97. The number of fused-ring (bicyclic) bond motifs is 1. The first-order chi connectivity index (χ1) is 20.8. The average molecular weight is 576 g/mol. The third-order valence-electron chi connectivity index (χ3n) is 8.30. The van der Waals surface area contributed by atoms with Crippen LogP contribution in [0.15, 0.2) is 67.1 Å². The summed E-state index contributed by atoms with van der Waals surface area (Å²) in [6.45, 7) is 7.39. The zero-order chi connectivity index (χ0) is 29.6. The normalized spacial score (nSPS) is 18.9. The van der Waals surface area contributed by atoms with Crippen molar-refractivity contribution in [2.75, 3.05) is 13.1 Å². The minimum absolute atomic E-state index is 0.104. The number of aromatic nitrogens is 5. The highest BCUT2D eigenvalue weighted by Crippen LogP contribution is 2.34. The van der Waals surface area contributed by atoms with Crippen LogP contribution < -0.4 is 5.32 Å². The second-order valence-corrected chi connectivity index (χ2v) is 12.6. The maximum absolute atomic E-state index is 12.8. The highest BCUT2D eigenvalue weighted by atomic mass is 16.6. The van der Waals surface area contributed by atoms with Crippen molar-refractivity contribution in [2.24, 2.45) is 0 Å². The SMILES string of the molecule is CC(C)(C)OC(=O)N1CCCC1c1ncc(-c2ccc(-c3ccc4cc(-c5cnc(C6CCCN6)[nH]5)cnc4c3)cc2)[nH]1. The molecular formula is C34H37N7O2. The Hall–Kier alpha value is -4.50. The molecule has 0 saturated carbocycles. The van der Waals surface area contributed by atoms with E-state index in [0.29, 0.717) is 12.6 Å². The first-order valence-electron chi connectivity index (χ1n) is 15.1. The smallest absolute Gasteiger partial charge is 0.410 e. The predicted molar refractivity (Wildman–Crippen MR) is 167 cm³/mol. The Morgan fingerprint density at radius 2 is 1.53 bits per heavy atom. The Balaban J connectivity index is 1.06. The molecule has 0 bridgehead atoms. The number of rotatable bonds is 5. The van der Waals surface area contributed by atoms with E-state index in [9.17, 15) is 4.79 Å². The Labute approximate surface area is 251 Å². The van der Waals surface area contributed by atoms with Crippen molar-refractivity contribution >= 4 is 17.0 Å². The third-order valence-corrected chi connectivity index (χ3v) is 8.30. The highest BCUT2D eigenvalue weighted by molar-refractivity contribution is 5.87. The van der Waals surface area contributed by atoms with Gasteiger partial charge in [-0.05, 0) is 81.8 Å². The zero-order valence-corrected chi connectivity index (χ0v) is 24.9. The molecule has 3 N–H and O–H groups in total. The molecule has 2 saturated heterocycles. The van der Waals surface area contributed by atoms with Gasteiger partial charge in [0.1, 0.15) is 17.2 Å². The summed E-state index contributed by atoms with van der Waals surface area (Å²) in [5.41, 5.74) is 6.64. The second-order valence-electron chi connectivity index (χ2n) is 12.6. The molecule has 2 aliphatic rings. The van der Waals surface area contributed by atoms with Gasteiger partial charge in [-0.2, -0.15) is 0 Å². The Morgan fingerprint density at radius 1 is 0.814 bits per heavy atom. The van der Waals surface area contributed by atoms with Gasteiger partial charge in [-0.3, -0.25) is 9.88 Å². The van der Waals surface area contributed by atoms with Crippen LogP contribution in [0.1, 0.15) is 70.2 Å². The van der Waals surface area contributed by atoms with Gasteiger partial charge >= 0.3 is 6.09 Å². The summed E-state index contributed by atoms with van der Waals surface area (Å²) in [6, 6.07) is 17.2. The second kappa shape index (κ2) is 11.0. The third kappa shape index (κ3) is 5.64. The number of imidazole rings is 2. The van der Waals surface area contributed by atoms with Crippen molar-refractivity contribution in [3.8, 4) is 33.6 Å². The van der Waals surface area contributed by atoms with Crippen molar-refractivity contribution < 1.29 is 9.53 Å². The van der Waals surface area contributed by atoms with Crippen LogP contribution in [0.3, 0.4) is 0 Å². The van der Waals surface area contributed by atoms with Crippen LogP contribution in [0.4, 0.5) is 4.79 Å². The number of carbonyl (C=O) groups excluding carboxylic acids is 1.